The first-order valence-corrected chi connectivity index (χ1v) is 9.27. The third kappa shape index (κ3) is 4.92. The molecule has 0 bridgehead atoms. The highest BCUT2D eigenvalue weighted by Gasteiger charge is 2.23. The second-order valence-electron chi connectivity index (χ2n) is 6.76. The summed E-state index contributed by atoms with van der Waals surface area (Å²) in [5.41, 5.74) is 1.95. The smallest absolute Gasteiger partial charge is 0.256 e. The van der Waals surface area contributed by atoms with Crippen LogP contribution in [0.2, 0.25) is 0 Å². The van der Waals surface area contributed by atoms with Crippen molar-refractivity contribution in [2.75, 3.05) is 19.6 Å². The predicted octanol–water partition coefficient (Wildman–Crippen LogP) is 3.06. The van der Waals surface area contributed by atoms with Gasteiger partial charge in [-0.1, -0.05) is 42.4 Å². The van der Waals surface area contributed by atoms with Gasteiger partial charge in [0, 0.05) is 25.6 Å². The van der Waals surface area contributed by atoms with Crippen LogP contribution in [0, 0.1) is 0 Å². The molecule has 1 aromatic heterocycles. The highest BCUT2D eigenvalue weighted by Crippen LogP contribution is 2.14. The number of carbonyl (C=O) groups is 1. The minimum Gasteiger partial charge on any atom is -0.361 e. The molecule has 2 heterocycles. The van der Waals surface area contributed by atoms with Crippen molar-refractivity contribution in [2.45, 2.75) is 45.1 Å². The summed E-state index contributed by atoms with van der Waals surface area (Å²) in [6.45, 7) is 5.11. The van der Waals surface area contributed by atoms with E-state index in [1.165, 1.54) is 11.8 Å². The molecule has 0 unspecified atom stereocenters. The van der Waals surface area contributed by atoms with E-state index in [0.717, 1.165) is 51.7 Å². The van der Waals surface area contributed by atoms with Gasteiger partial charge in [0.2, 0.25) is 0 Å². The molecule has 1 fully saturated rings. The Morgan fingerprint density at radius 3 is 2.96 bits per heavy atom. The number of benzene rings is 1. The molecule has 0 saturated carbocycles. The molecule has 2 aromatic rings. The summed E-state index contributed by atoms with van der Waals surface area (Å²) in [6, 6.07) is 10.8. The van der Waals surface area contributed by atoms with Crippen LogP contribution in [-0.2, 0) is 12.8 Å². The van der Waals surface area contributed by atoms with Gasteiger partial charge in [0.1, 0.15) is 11.3 Å². The number of hydrogen-bond donors (Lipinski definition) is 1. The lowest BCUT2D eigenvalue weighted by Gasteiger charge is -2.33. The van der Waals surface area contributed by atoms with Crippen molar-refractivity contribution in [2.24, 2.45) is 0 Å². The van der Waals surface area contributed by atoms with Crippen molar-refractivity contribution in [1.29, 1.82) is 0 Å². The molecule has 0 radical (unpaired) electrons. The summed E-state index contributed by atoms with van der Waals surface area (Å²) in [7, 11) is 0. The summed E-state index contributed by atoms with van der Waals surface area (Å²) in [6.07, 6.45) is 6.42. The molecule has 1 aromatic carbocycles. The SMILES string of the molecule is CCCc1oncc1C(=O)N[C@@H]1CCCN(CCc2ccccc2)C1. The van der Waals surface area contributed by atoms with Crippen molar-refractivity contribution in [3.8, 4) is 0 Å². The standard InChI is InChI=1S/C20H27N3O2/c1-2-7-19-18(14-21-25-19)20(24)22-17-10-6-12-23(15-17)13-11-16-8-4-3-5-9-16/h3-5,8-9,14,17H,2,6-7,10-13,15H2,1H3,(H,22,24)/t17-/m1/s1. The number of nitrogens with zero attached hydrogens (tertiary/aromatic N) is 2. The Kier molecular flexibility index (Phi) is 6.23. The van der Waals surface area contributed by atoms with E-state index in [1.807, 2.05) is 6.07 Å². The van der Waals surface area contributed by atoms with E-state index in [-0.39, 0.29) is 11.9 Å². The fourth-order valence-corrected chi connectivity index (χ4v) is 3.43. The monoisotopic (exact) mass is 341 g/mol. The minimum atomic E-state index is -0.0559. The summed E-state index contributed by atoms with van der Waals surface area (Å²) < 4.78 is 5.20. The number of carbonyl (C=O) groups excluding carboxylic acids is 1. The number of rotatable bonds is 7. The summed E-state index contributed by atoms with van der Waals surface area (Å²) in [5.74, 6) is 0.636. The van der Waals surface area contributed by atoms with Gasteiger partial charge in [-0.25, -0.2) is 0 Å². The second-order valence-corrected chi connectivity index (χ2v) is 6.76. The molecule has 1 saturated heterocycles. The van der Waals surface area contributed by atoms with Crippen LogP contribution in [-0.4, -0.2) is 41.6 Å². The summed E-state index contributed by atoms with van der Waals surface area (Å²) in [4.78, 5) is 15.0. The number of likely N-dealkylation sites (tertiary alicyclic amines) is 1. The predicted molar refractivity (Wildman–Crippen MR) is 97.6 cm³/mol. The third-order valence-electron chi connectivity index (χ3n) is 4.77. The van der Waals surface area contributed by atoms with Gasteiger partial charge >= 0.3 is 0 Å². The van der Waals surface area contributed by atoms with Crippen LogP contribution in [0.25, 0.3) is 0 Å². The van der Waals surface area contributed by atoms with Gasteiger partial charge in [-0.15, -0.1) is 0 Å². The lowest BCUT2D eigenvalue weighted by atomic mass is 10.0. The molecule has 1 N–H and O–H groups in total. The van der Waals surface area contributed by atoms with Gasteiger partial charge in [-0.05, 0) is 37.8 Å². The Labute approximate surface area is 149 Å². The molecule has 3 rings (SSSR count). The molecule has 5 nitrogen and oxygen atoms in total. The van der Waals surface area contributed by atoms with Crippen LogP contribution >= 0.6 is 0 Å². The van der Waals surface area contributed by atoms with Crippen molar-refractivity contribution in [3.63, 3.8) is 0 Å². The number of nitrogens with one attached hydrogen (secondary N) is 1. The fourth-order valence-electron chi connectivity index (χ4n) is 3.43. The summed E-state index contributed by atoms with van der Waals surface area (Å²) >= 11 is 0. The molecule has 134 valence electrons. The molecule has 1 amide bonds. The van der Waals surface area contributed by atoms with E-state index in [0.29, 0.717) is 11.3 Å². The largest absolute Gasteiger partial charge is 0.361 e. The first kappa shape index (κ1) is 17.7. The number of piperidine rings is 1. The number of aryl methyl sites for hydroxylation is 1. The van der Waals surface area contributed by atoms with Crippen LogP contribution in [0.15, 0.2) is 41.1 Å². The lowest BCUT2D eigenvalue weighted by Crippen LogP contribution is -2.48. The van der Waals surface area contributed by atoms with Crippen molar-refractivity contribution in [3.05, 3.63) is 53.4 Å². The molecule has 25 heavy (non-hydrogen) atoms. The Bertz CT molecular complexity index is 669. The van der Waals surface area contributed by atoms with Crippen molar-refractivity contribution >= 4 is 5.91 Å². The molecule has 0 spiro atoms. The third-order valence-corrected chi connectivity index (χ3v) is 4.77. The van der Waals surface area contributed by atoms with E-state index in [1.54, 1.807) is 0 Å². The minimum absolute atomic E-state index is 0.0559. The zero-order valence-corrected chi connectivity index (χ0v) is 14.9. The Hall–Kier alpha value is -2.14. The van der Waals surface area contributed by atoms with E-state index >= 15 is 0 Å². The van der Waals surface area contributed by atoms with Gasteiger partial charge < -0.3 is 14.7 Å². The zero-order chi connectivity index (χ0) is 17.5. The Balaban J connectivity index is 1.51. The van der Waals surface area contributed by atoms with Crippen LogP contribution in [0.5, 0.6) is 0 Å². The molecular weight excluding hydrogens is 314 g/mol. The highest BCUT2D eigenvalue weighted by atomic mass is 16.5. The first-order valence-electron chi connectivity index (χ1n) is 9.27. The molecule has 1 atom stereocenters. The normalized spacial score (nSPS) is 18.2. The van der Waals surface area contributed by atoms with Crippen molar-refractivity contribution in [1.82, 2.24) is 15.4 Å². The molecule has 5 heteroatoms. The van der Waals surface area contributed by atoms with Gasteiger partial charge in [-0.2, -0.15) is 0 Å². The van der Waals surface area contributed by atoms with Crippen LogP contribution < -0.4 is 5.32 Å². The van der Waals surface area contributed by atoms with Crippen LogP contribution in [0.1, 0.15) is 47.9 Å². The van der Waals surface area contributed by atoms with Gasteiger partial charge in [0.15, 0.2) is 0 Å². The van der Waals surface area contributed by atoms with E-state index in [9.17, 15) is 4.79 Å². The number of aromatic nitrogens is 1. The molecule has 1 aliphatic heterocycles. The van der Waals surface area contributed by atoms with E-state index < -0.39 is 0 Å². The van der Waals surface area contributed by atoms with Gasteiger partial charge in [-0.3, -0.25) is 4.79 Å². The van der Waals surface area contributed by atoms with Gasteiger partial charge in [0.05, 0.1) is 6.20 Å². The maximum Gasteiger partial charge on any atom is 0.256 e. The van der Waals surface area contributed by atoms with Crippen LogP contribution in [0.4, 0.5) is 0 Å². The number of amides is 1. The van der Waals surface area contributed by atoms with Crippen molar-refractivity contribution < 1.29 is 9.32 Å². The first-order chi connectivity index (χ1) is 12.3. The highest BCUT2D eigenvalue weighted by molar-refractivity contribution is 5.95. The van der Waals surface area contributed by atoms with Gasteiger partial charge in [0.25, 0.3) is 5.91 Å². The molecular formula is C20H27N3O2. The fraction of sp³-hybridized carbons (Fsp3) is 0.500. The Morgan fingerprint density at radius 1 is 1.32 bits per heavy atom. The topological polar surface area (TPSA) is 58.4 Å². The second kappa shape index (κ2) is 8.81. The quantitative estimate of drug-likeness (QED) is 0.841. The zero-order valence-electron chi connectivity index (χ0n) is 14.9. The molecule has 0 aliphatic carbocycles. The molecule has 1 aliphatic rings. The lowest BCUT2D eigenvalue weighted by molar-refractivity contribution is 0.0902. The summed E-state index contributed by atoms with van der Waals surface area (Å²) in [5, 5.41) is 6.95. The average molecular weight is 341 g/mol. The average Bonchev–Trinajstić information content (AvgIpc) is 3.10. The Morgan fingerprint density at radius 2 is 2.16 bits per heavy atom. The number of hydrogen-bond acceptors (Lipinski definition) is 4. The van der Waals surface area contributed by atoms with Crippen LogP contribution in [0.3, 0.4) is 0 Å². The maximum absolute atomic E-state index is 12.5. The van der Waals surface area contributed by atoms with E-state index in [4.69, 9.17) is 4.52 Å². The van der Waals surface area contributed by atoms with E-state index in [2.05, 4.69) is 46.6 Å². The maximum atomic E-state index is 12.5.